The first-order valence-electron chi connectivity index (χ1n) is 4.19. The zero-order valence-electron chi connectivity index (χ0n) is 7.79. The lowest BCUT2D eigenvalue weighted by Gasteiger charge is -2.06. The molecule has 1 aromatic rings. The number of hydrogen-bond acceptors (Lipinski definition) is 3. The Labute approximate surface area is 87.3 Å². The molecule has 4 heteroatoms. The Morgan fingerprint density at radius 3 is 2.79 bits per heavy atom. The van der Waals surface area contributed by atoms with Crippen molar-refractivity contribution in [1.29, 1.82) is 0 Å². The molecule has 1 rings (SSSR count). The van der Waals surface area contributed by atoms with Gasteiger partial charge in [-0.25, -0.2) is 0 Å². The third-order valence-electron chi connectivity index (χ3n) is 1.69. The van der Waals surface area contributed by atoms with Gasteiger partial charge in [0.2, 0.25) is 0 Å². The lowest BCUT2D eigenvalue weighted by molar-refractivity contribution is 0.101. The van der Waals surface area contributed by atoms with Crippen molar-refractivity contribution >= 4 is 17.4 Å². The fraction of sp³-hybridized carbons (Fsp3) is 0.300. The van der Waals surface area contributed by atoms with Crippen LogP contribution < -0.4 is 4.74 Å². The summed E-state index contributed by atoms with van der Waals surface area (Å²) < 4.78 is 5.13. The van der Waals surface area contributed by atoms with Crippen LogP contribution in [0.15, 0.2) is 18.2 Å². The maximum atomic E-state index is 11.0. The van der Waals surface area contributed by atoms with Gasteiger partial charge in [-0.1, -0.05) is 11.6 Å². The molecule has 3 nitrogen and oxygen atoms in total. The summed E-state index contributed by atoms with van der Waals surface area (Å²) in [6.07, 6.45) is 0. The second-order valence-electron chi connectivity index (χ2n) is 2.77. The highest BCUT2D eigenvalue weighted by Crippen LogP contribution is 2.25. The molecule has 14 heavy (non-hydrogen) atoms. The molecule has 0 saturated heterocycles. The number of carbonyl (C=O) groups is 1. The largest absolute Gasteiger partial charge is 0.490 e. The van der Waals surface area contributed by atoms with Crippen LogP contribution in [0.2, 0.25) is 5.02 Å². The second-order valence-corrected chi connectivity index (χ2v) is 3.18. The number of carbonyl (C=O) groups excluding carboxylic acids is 1. The molecule has 0 aliphatic carbocycles. The molecule has 1 aromatic carbocycles. The van der Waals surface area contributed by atoms with Gasteiger partial charge < -0.3 is 9.84 Å². The maximum absolute atomic E-state index is 11.0. The normalized spacial score (nSPS) is 9.93. The zero-order chi connectivity index (χ0) is 10.6. The van der Waals surface area contributed by atoms with Crippen molar-refractivity contribution in [3.05, 3.63) is 28.8 Å². The summed E-state index contributed by atoms with van der Waals surface area (Å²) in [7, 11) is 0. The molecule has 0 fully saturated rings. The van der Waals surface area contributed by atoms with E-state index in [1.807, 2.05) is 0 Å². The molecule has 0 saturated carbocycles. The van der Waals surface area contributed by atoms with E-state index in [1.165, 1.54) is 6.92 Å². The topological polar surface area (TPSA) is 46.5 Å². The van der Waals surface area contributed by atoms with Crippen molar-refractivity contribution in [3.63, 3.8) is 0 Å². The van der Waals surface area contributed by atoms with Gasteiger partial charge in [0.25, 0.3) is 0 Å². The average molecular weight is 215 g/mol. The van der Waals surface area contributed by atoms with E-state index in [4.69, 9.17) is 21.4 Å². The molecular weight excluding hydrogens is 204 g/mol. The van der Waals surface area contributed by atoms with E-state index >= 15 is 0 Å². The van der Waals surface area contributed by atoms with Crippen LogP contribution >= 0.6 is 11.6 Å². The first-order valence-corrected chi connectivity index (χ1v) is 4.57. The minimum atomic E-state index is -0.0647. The van der Waals surface area contributed by atoms with Crippen LogP contribution in [-0.4, -0.2) is 24.1 Å². The van der Waals surface area contributed by atoms with Crippen LogP contribution in [0.25, 0.3) is 0 Å². The highest BCUT2D eigenvalue weighted by Gasteiger charge is 2.05. The standard InChI is InChI=1S/C10H11ClO3/c1-7(13)8-2-3-10(9(11)6-8)14-5-4-12/h2-3,6,12H,4-5H2,1H3. The summed E-state index contributed by atoms with van der Waals surface area (Å²) in [5, 5.41) is 8.92. The minimum Gasteiger partial charge on any atom is -0.490 e. The molecule has 0 radical (unpaired) electrons. The molecule has 1 N–H and O–H groups in total. The van der Waals surface area contributed by atoms with Crippen LogP contribution in [0.1, 0.15) is 17.3 Å². The van der Waals surface area contributed by atoms with Crippen LogP contribution in [0, 0.1) is 0 Å². The smallest absolute Gasteiger partial charge is 0.159 e. The Morgan fingerprint density at radius 2 is 2.29 bits per heavy atom. The lowest BCUT2D eigenvalue weighted by Crippen LogP contribution is -2.02. The first-order chi connectivity index (χ1) is 6.65. The van der Waals surface area contributed by atoms with Crippen molar-refractivity contribution in [2.75, 3.05) is 13.2 Å². The molecule has 0 atom stereocenters. The summed E-state index contributed by atoms with van der Waals surface area (Å²) >= 11 is 5.85. The number of aliphatic hydroxyl groups excluding tert-OH is 1. The number of aliphatic hydroxyl groups is 1. The Balaban J connectivity index is 2.84. The zero-order valence-corrected chi connectivity index (χ0v) is 8.54. The number of ether oxygens (including phenoxy) is 1. The SMILES string of the molecule is CC(=O)c1ccc(OCCO)c(Cl)c1. The summed E-state index contributed by atoms with van der Waals surface area (Å²) in [5.74, 6) is 0.436. The van der Waals surface area contributed by atoms with Gasteiger partial charge in [0.05, 0.1) is 11.6 Å². The molecule has 0 heterocycles. The number of Topliss-reactive ketones (excluding diaryl/α,β-unsaturated/α-hetero) is 1. The predicted molar refractivity (Wildman–Crippen MR) is 54.0 cm³/mol. The van der Waals surface area contributed by atoms with Crippen molar-refractivity contribution < 1.29 is 14.6 Å². The summed E-state index contributed by atoms with van der Waals surface area (Å²) in [6.45, 7) is 1.60. The molecule has 0 unspecified atom stereocenters. The van der Waals surface area contributed by atoms with Gasteiger partial charge in [0.15, 0.2) is 5.78 Å². The first kappa shape index (κ1) is 11.0. The second kappa shape index (κ2) is 4.98. The summed E-state index contributed by atoms with van der Waals surface area (Å²) in [6, 6.07) is 4.81. The molecule has 0 bridgehead atoms. The van der Waals surface area contributed by atoms with E-state index in [9.17, 15) is 4.79 Å². The van der Waals surface area contributed by atoms with E-state index in [2.05, 4.69) is 0 Å². The van der Waals surface area contributed by atoms with Crippen molar-refractivity contribution in [2.24, 2.45) is 0 Å². The molecular formula is C10H11ClO3. The van der Waals surface area contributed by atoms with Gasteiger partial charge in [-0.05, 0) is 25.1 Å². The summed E-state index contributed by atoms with van der Waals surface area (Å²) in [5.41, 5.74) is 0.548. The molecule has 0 aromatic heterocycles. The van der Waals surface area contributed by atoms with E-state index < -0.39 is 0 Å². The maximum Gasteiger partial charge on any atom is 0.159 e. The van der Waals surface area contributed by atoms with Gasteiger partial charge in [-0.3, -0.25) is 4.79 Å². The number of rotatable bonds is 4. The number of ketones is 1. The van der Waals surface area contributed by atoms with Gasteiger partial charge in [0.1, 0.15) is 12.4 Å². The van der Waals surface area contributed by atoms with Crippen LogP contribution in [0.4, 0.5) is 0 Å². The van der Waals surface area contributed by atoms with E-state index in [0.717, 1.165) is 0 Å². The Morgan fingerprint density at radius 1 is 1.57 bits per heavy atom. The third-order valence-corrected chi connectivity index (χ3v) is 1.98. The number of halogens is 1. The monoisotopic (exact) mass is 214 g/mol. The van der Waals surface area contributed by atoms with Crippen molar-refractivity contribution in [2.45, 2.75) is 6.92 Å². The van der Waals surface area contributed by atoms with Gasteiger partial charge in [0, 0.05) is 5.56 Å². The molecule has 0 aliphatic heterocycles. The predicted octanol–water partition coefficient (Wildman–Crippen LogP) is 1.91. The van der Waals surface area contributed by atoms with E-state index in [0.29, 0.717) is 16.3 Å². The molecule has 0 aliphatic rings. The van der Waals surface area contributed by atoms with E-state index in [-0.39, 0.29) is 19.0 Å². The van der Waals surface area contributed by atoms with Crippen molar-refractivity contribution in [3.8, 4) is 5.75 Å². The van der Waals surface area contributed by atoms with Crippen LogP contribution in [0.3, 0.4) is 0 Å². The van der Waals surface area contributed by atoms with Gasteiger partial charge in [-0.2, -0.15) is 0 Å². The number of benzene rings is 1. The van der Waals surface area contributed by atoms with Crippen LogP contribution in [0.5, 0.6) is 5.75 Å². The minimum absolute atomic E-state index is 0.0411. The quantitative estimate of drug-likeness (QED) is 0.779. The highest BCUT2D eigenvalue weighted by atomic mass is 35.5. The highest BCUT2D eigenvalue weighted by molar-refractivity contribution is 6.32. The fourth-order valence-corrected chi connectivity index (χ4v) is 1.23. The number of hydrogen-bond donors (Lipinski definition) is 1. The van der Waals surface area contributed by atoms with Crippen LogP contribution in [-0.2, 0) is 0 Å². The lowest BCUT2D eigenvalue weighted by atomic mass is 10.1. The molecule has 0 spiro atoms. The Kier molecular flexibility index (Phi) is 3.92. The Hall–Kier alpha value is -1.06. The van der Waals surface area contributed by atoms with E-state index in [1.54, 1.807) is 18.2 Å². The average Bonchev–Trinajstić information content (AvgIpc) is 2.15. The summed E-state index contributed by atoms with van der Waals surface area (Å²) in [4.78, 5) is 11.0. The van der Waals surface area contributed by atoms with Gasteiger partial charge in [-0.15, -0.1) is 0 Å². The van der Waals surface area contributed by atoms with Gasteiger partial charge >= 0.3 is 0 Å². The van der Waals surface area contributed by atoms with Crippen molar-refractivity contribution in [1.82, 2.24) is 0 Å². The fourth-order valence-electron chi connectivity index (χ4n) is 0.992. The Bertz CT molecular complexity index is 336. The third kappa shape index (κ3) is 2.72. The molecule has 76 valence electrons. The molecule has 0 amide bonds.